The molecular formula is C18H30O2Si. The van der Waals surface area contributed by atoms with E-state index in [0.717, 1.165) is 36.8 Å². The summed E-state index contributed by atoms with van der Waals surface area (Å²) < 4.78 is 5.99. The zero-order chi connectivity index (χ0) is 15.5. The lowest BCUT2D eigenvalue weighted by atomic mass is 10.0. The first-order valence-electron chi connectivity index (χ1n) is 8.47. The van der Waals surface area contributed by atoms with Crippen LogP contribution in [0.5, 0.6) is 5.75 Å². The van der Waals surface area contributed by atoms with E-state index in [2.05, 4.69) is 20.8 Å². The Kier molecular flexibility index (Phi) is 9.07. The Morgan fingerprint density at radius 1 is 1.19 bits per heavy atom. The van der Waals surface area contributed by atoms with E-state index in [4.69, 9.17) is 4.74 Å². The minimum atomic E-state index is -0.658. The molecule has 0 aliphatic rings. The Bertz CT molecular complexity index is 417. The fourth-order valence-electron chi connectivity index (χ4n) is 2.40. The highest BCUT2D eigenvalue weighted by molar-refractivity contribution is 6.77. The highest BCUT2D eigenvalue weighted by Crippen LogP contribution is 2.21. The van der Waals surface area contributed by atoms with E-state index >= 15 is 0 Å². The lowest BCUT2D eigenvalue weighted by molar-refractivity contribution is 0.107. The second-order valence-electron chi connectivity index (χ2n) is 5.75. The minimum Gasteiger partial charge on any atom is -0.493 e. The molecule has 1 rings (SSSR count). The minimum absolute atomic E-state index is 0.342. The van der Waals surface area contributed by atoms with Gasteiger partial charge in [0.2, 0.25) is 0 Å². The van der Waals surface area contributed by atoms with E-state index in [1.165, 1.54) is 19.3 Å². The van der Waals surface area contributed by atoms with Crippen molar-refractivity contribution in [3.05, 3.63) is 29.8 Å². The van der Waals surface area contributed by atoms with Crippen molar-refractivity contribution in [1.29, 1.82) is 0 Å². The standard InChI is InChI=1S/C18H30O2Si/c1-4-7-10-15(6-3)14-20-17-12-9-8-11-16(17)18(19)21-13-5-2/h8-9,11-12,15H,4-7,10,13-14,21H2,1-3H3. The van der Waals surface area contributed by atoms with Crippen molar-refractivity contribution in [2.24, 2.45) is 5.92 Å². The first-order chi connectivity index (χ1) is 10.2. The maximum absolute atomic E-state index is 12.3. The van der Waals surface area contributed by atoms with Gasteiger partial charge in [0.05, 0.1) is 12.2 Å². The third-order valence-corrected chi connectivity index (χ3v) is 5.86. The van der Waals surface area contributed by atoms with Crippen LogP contribution in [0.2, 0.25) is 6.04 Å². The number of carbonyl (C=O) groups excluding carboxylic acids is 1. The summed E-state index contributed by atoms with van der Waals surface area (Å²) in [7, 11) is -0.658. The molecule has 0 spiro atoms. The molecule has 0 heterocycles. The number of carbonyl (C=O) groups is 1. The van der Waals surface area contributed by atoms with Gasteiger partial charge in [0.25, 0.3) is 0 Å². The summed E-state index contributed by atoms with van der Waals surface area (Å²) in [5.41, 5.74) is 0.808. The monoisotopic (exact) mass is 306 g/mol. The Morgan fingerprint density at radius 3 is 2.62 bits per heavy atom. The molecule has 1 atom stereocenters. The van der Waals surface area contributed by atoms with Gasteiger partial charge in [0.15, 0.2) is 0 Å². The van der Waals surface area contributed by atoms with Crippen molar-refractivity contribution in [2.45, 2.75) is 58.9 Å². The number of rotatable bonds is 11. The average Bonchev–Trinajstić information content (AvgIpc) is 2.53. The predicted octanol–water partition coefficient (Wildman–Crippen LogP) is 4.42. The largest absolute Gasteiger partial charge is 0.493 e. The highest BCUT2D eigenvalue weighted by Gasteiger charge is 2.13. The molecule has 118 valence electrons. The maximum atomic E-state index is 12.3. The second-order valence-corrected chi connectivity index (χ2v) is 7.60. The summed E-state index contributed by atoms with van der Waals surface area (Å²) in [6.07, 6.45) is 5.95. The van der Waals surface area contributed by atoms with Crippen LogP contribution in [0.4, 0.5) is 0 Å². The van der Waals surface area contributed by atoms with Crippen molar-refractivity contribution in [2.75, 3.05) is 6.61 Å². The van der Waals surface area contributed by atoms with Crippen molar-refractivity contribution >= 4 is 14.9 Å². The number of hydrogen-bond donors (Lipinski definition) is 0. The summed E-state index contributed by atoms with van der Waals surface area (Å²) in [5.74, 6) is 1.39. The lowest BCUT2D eigenvalue weighted by Crippen LogP contribution is -2.15. The predicted molar refractivity (Wildman–Crippen MR) is 93.2 cm³/mol. The molecule has 1 aromatic rings. The molecule has 3 heteroatoms. The molecule has 0 aliphatic heterocycles. The summed E-state index contributed by atoms with van der Waals surface area (Å²) in [6, 6.07) is 8.85. The molecular weight excluding hydrogens is 276 g/mol. The molecule has 1 unspecified atom stereocenters. The first kappa shape index (κ1) is 18.0. The second kappa shape index (κ2) is 10.6. The Morgan fingerprint density at radius 2 is 1.95 bits per heavy atom. The van der Waals surface area contributed by atoms with Gasteiger partial charge < -0.3 is 9.53 Å². The molecule has 2 nitrogen and oxygen atoms in total. The van der Waals surface area contributed by atoms with Gasteiger partial charge in [-0.25, -0.2) is 0 Å². The normalized spacial score (nSPS) is 12.7. The van der Waals surface area contributed by atoms with Gasteiger partial charge >= 0.3 is 0 Å². The van der Waals surface area contributed by atoms with Gasteiger partial charge in [-0.05, 0) is 24.5 Å². The van der Waals surface area contributed by atoms with Crippen LogP contribution in [0.1, 0.15) is 63.2 Å². The van der Waals surface area contributed by atoms with Crippen LogP contribution in [0, 0.1) is 5.92 Å². The molecule has 0 amide bonds. The van der Waals surface area contributed by atoms with Crippen LogP contribution in [-0.4, -0.2) is 21.5 Å². The van der Waals surface area contributed by atoms with Gasteiger partial charge in [-0.15, -0.1) is 0 Å². The SMILES string of the molecule is CCCCC(CC)COc1ccccc1C(=O)[SiH2]CCC. The molecule has 1 aromatic carbocycles. The van der Waals surface area contributed by atoms with E-state index in [1.54, 1.807) is 0 Å². The molecule has 0 radical (unpaired) electrons. The average molecular weight is 307 g/mol. The highest BCUT2D eigenvalue weighted by atomic mass is 28.2. The van der Waals surface area contributed by atoms with E-state index in [0.29, 0.717) is 11.3 Å². The van der Waals surface area contributed by atoms with Crippen LogP contribution in [0.15, 0.2) is 24.3 Å². The van der Waals surface area contributed by atoms with Gasteiger partial charge in [-0.3, -0.25) is 0 Å². The number of para-hydroxylation sites is 1. The van der Waals surface area contributed by atoms with Crippen LogP contribution in [0.25, 0.3) is 0 Å². The first-order valence-corrected chi connectivity index (χ1v) is 10.2. The molecule has 21 heavy (non-hydrogen) atoms. The third kappa shape index (κ3) is 6.47. The molecule has 0 saturated heterocycles. The van der Waals surface area contributed by atoms with Crippen LogP contribution < -0.4 is 4.74 Å². The summed E-state index contributed by atoms with van der Waals surface area (Å²) >= 11 is 0. The molecule has 0 saturated carbocycles. The summed E-state index contributed by atoms with van der Waals surface area (Å²) in [6.45, 7) is 7.31. The quantitative estimate of drug-likeness (QED) is 0.566. The zero-order valence-electron chi connectivity index (χ0n) is 13.9. The lowest BCUT2D eigenvalue weighted by Gasteiger charge is -2.17. The molecule has 0 aliphatic carbocycles. The van der Waals surface area contributed by atoms with Crippen LogP contribution >= 0.6 is 0 Å². The van der Waals surface area contributed by atoms with Gasteiger partial charge in [0.1, 0.15) is 20.7 Å². The van der Waals surface area contributed by atoms with Crippen molar-refractivity contribution in [3.8, 4) is 5.75 Å². The van der Waals surface area contributed by atoms with Crippen LogP contribution in [-0.2, 0) is 0 Å². The Balaban J connectivity index is 2.63. The smallest absolute Gasteiger partial charge is 0.136 e. The fraction of sp³-hybridized carbons (Fsp3) is 0.611. The van der Waals surface area contributed by atoms with E-state index in [-0.39, 0.29) is 0 Å². The van der Waals surface area contributed by atoms with Crippen molar-refractivity contribution < 1.29 is 9.53 Å². The third-order valence-electron chi connectivity index (χ3n) is 3.96. The fourth-order valence-corrected chi connectivity index (χ4v) is 3.64. The molecule has 0 bridgehead atoms. The maximum Gasteiger partial charge on any atom is 0.136 e. The molecule has 0 fully saturated rings. The van der Waals surface area contributed by atoms with E-state index in [9.17, 15) is 4.79 Å². The Hall–Kier alpha value is -1.09. The van der Waals surface area contributed by atoms with Gasteiger partial charge in [-0.2, -0.15) is 0 Å². The van der Waals surface area contributed by atoms with Crippen molar-refractivity contribution in [1.82, 2.24) is 0 Å². The summed E-state index contributed by atoms with van der Waals surface area (Å²) in [4.78, 5) is 12.3. The number of hydrogen-bond acceptors (Lipinski definition) is 2. The number of ether oxygens (including phenoxy) is 1. The van der Waals surface area contributed by atoms with Crippen LogP contribution in [0.3, 0.4) is 0 Å². The van der Waals surface area contributed by atoms with E-state index in [1.807, 2.05) is 24.3 Å². The summed E-state index contributed by atoms with van der Waals surface area (Å²) in [5, 5.41) is 0.342. The van der Waals surface area contributed by atoms with Crippen molar-refractivity contribution in [3.63, 3.8) is 0 Å². The van der Waals surface area contributed by atoms with E-state index < -0.39 is 9.52 Å². The zero-order valence-corrected chi connectivity index (χ0v) is 15.3. The van der Waals surface area contributed by atoms with Gasteiger partial charge in [0, 0.05) is 0 Å². The molecule has 0 aromatic heterocycles. The van der Waals surface area contributed by atoms with Gasteiger partial charge in [-0.1, -0.05) is 64.6 Å². The Labute approximate surface area is 132 Å². The molecule has 0 N–H and O–H groups in total. The number of benzene rings is 1. The topological polar surface area (TPSA) is 26.3 Å². The number of unbranched alkanes of at least 4 members (excludes halogenated alkanes) is 1.